The third-order valence-electron chi connectivity index (χ3n) is 4.14. The van der Waals surface area contributed by atoms with E-state index < -0.39 is 5.91 Å². The van der Waals surface area contributed by atoms with Gasteiger partial charge in [-0.3, -0.25) is 10.1 Å². The zero-order valence-corrected chi connectivity index (χ0v) is 19.0. The fraction of sp³-hybridized carbons (Fsp3) is 0.100. The minimum absolute atomic E-state index is 0.126. The molecule has 158 valence electrons. The Labute approximate surface area is 195 Å². The topological polar surface area (TPSA) is 86.9 Å². The summed E-state index contributed by atoms with van der Waals surface area (Å²) in [6.07, 6.45) is 3.19. The molecule has 1 amide bonds. The van der Waals surface area contributed by atoms with Gasteiger partial charge in [0, 0.05) is 16.2 Å². The number of hydrogen-bond donors (Lipinski definition) is 1. The van der Waals surface area contributed by atoms with Crippen molar-refractivity contribution in [2.75, 3.05) is 5.32 Å². The maximum atomic E-state index is 12.4. The molecular formula is C20H15BrCl2N6O2. The van der Waals surface area contributed by atoms with Crippen molar-refractivity contribution in [3.05, 3.63) is 86.8 Å². The highest BCUT2D eigenvalue weighted by atomic mass is 79.9. The standard InChI is InChI=1S/C20H15BrCl2N6O2/c21-16-9-15(23)5-6-18(16)31-12-28-8-7-17(26-28)19(30)25-20-24-11-29(27-20)10-13-1-3-14(22)4-2-13/h1-9,11H,10,12H2,(H,25,27,30). The van der Waals surface area contributed by atoms with E-state index in [1.807, 2.05) is 24.3 Å². The van der Waals surface area contributed by atoms with Crippen LogP contribution in [0.25, 0.3) is 0 Å². The summed E-state index contributed by atoms with van der Waals surface area (Å²) in [6.45, 7) is 0.633. The van der Waals surface area contributed by atoms with Crippen LogP contribution in [0.3, 0.4) is 0 Å². The van der Waals surface area contributed by atoms with E-state index >= 15 is 0 Å². The van der Waals surface area contributed by atoms with Crippen LogP contribution in [0.1, 0.15) is 16.1 Å². The van der Waals surface area contributed by atoms with Gasteiger partial charge in [-0.2, -0.15) is 5.10 Å². The Morgan fingerprint density at radius 1 is 1.03 bits per heavy atom. The minimum atomic E-state index is -0.421. The molecule has 0 fully saturated rings. The molecule has 4 aromatic rings. The van der Waals surface area contributed by atoms with Crippen molar-refractivity contribution in [1.29, 1.82) is 0 Å². The molecule has 0 atom stereocenters. The van der Waals surface area contributed by atoms with Crippen LogP contribution < -0.4 is 10.1 Å². The SMILES string of the molecule is O=C(Nc1ncn(Cc2ccc(Cl)cc2)n1)c1ccn(COc2ccc(Cl)cc2Br)n1. The summed E-state index contributed by atoms with van der Waals surface area (Å²) >= 11 is 15.2. The van der Waals surface area contributed by atoms with E-state index in [4.69, 9.17) is 27.9 Å². The molecule has 1 N–H and O–H groups in total. The Bertz CT molecular complexity index is 1210. The van der Waals surface area contributed by atoms with Crippen LogP contribution in [0.4, 0.5) is 5.95 Å². The lowest BCUT2D eigenvalue weighted by Crippen LogP contribution is -2.15. The predicted molar refractivity (Wildman–Crippen MR) is 121 cm³/mol. The highest BCUT2D eigenvalue weighted by Gasteiger charge is 2.13. The van der Waals surface area contributed by atoms with Crippen molar-refractivity contribution in [3.8, 4) is 5.75 Å². The number of rotatable bonds is 7. The molecule has 0 saturated heterocycles. The number of benzene rings is 2. The quantitative estimate of drug-likeness (QED) is 0.374. The maximum Gasteiger partial charge on any atom is 0.278 e. The molecule has 31 heavy (non-hydrogen) atoms. The maximum absolute atomic E-state index is 12.4. The van der Waals surface area contributed by atoms with Gasteiger partial charge in [-0.25, -0.2) is 14.3 Å². The van der Waals surface area contributed by atoms with Gasteiger partial charge in [0.15, 0.2) is 12.4 Å². The van der Waals surface area contributed by atoms with Crippen LogP contribution >= 0.6 is 39.1 Å². The van der Waals surface area contributed by atoms with Gasteiger partial charge in [0.1, 0.15) is 12.1 Å². The number of halogens is 3. The van der Waals surface area contributed by atoms with Gasteiger partial charge in [-0.1, -0.05) is 35.3 Å². The highest BCUT2D eigenvalue weighted by molar-refractivity contribution is 9.10. The number of carbonyl (C=O) groups is 1. The molecule has 0 radical (unpaired) electrons. The van der Waals surface area contributed by atoms with Crippen LogP contribution in [-0.4, -0.2) is 30.5 Å². The normalized spacial score (nSPS) is 10.8. The number of anilines is 1. The van der Waals surface area contributed by atoms with Gasteiger partial charge in [0.25, 0.3) is 5.91 Å². The second kappa shape index (κ2) is 9.51. The van der Waals surface area contributed by atoms with E-state index in [1.165, 1.54) is 4.68 Å². The molecule has 4 rings (SSSR count). The fourth-order valence-corrected chi connectivity index (χ4v) is 3.58. The summed E-state index contributed by atoms with van der Waals surface area (Å²) in [5, 5.41) is 12.4. The molecule has 11 heteroatoms. The Hall–Kier alpha value is -2.88. The number of aromatic nitrogens is 5. The first-order valence-corrected chi connectivity index (χ1v) is 10.6. The number of nitrogens with one attached hydrogen (secondary N) is 1. The lowest BCUT2D eigenvalue weighted by atomic mass is 10.2. The third kappa shape index (κ3) is 5.63. The first-order chi connectivity index (χ1) is 15.0. The molecule has 2 heterocycles. The van der Waals surface area contributed by atoms with Crippen molar-refractivity contribution in [2.24, 2.45) is 0 Å². The van der Waals surface area contributed by atoms with Gasteiger partial charge in [-0.15, -0.1) is 5.10 Å². The van der Waals surface area contributed by atoms with Gasteiger partial charge < -0.3 is 4.74 Å². The van der Waals surface area contributed by atoms with Crippen molar-refractivity contribution < 1.29 is 9.53 Å². The second-order valence-electron chi connectivity index (χ2n) is 6.43. The first kappa shape index (κ1) is 21.4. The monoisotopic (exact) mass is 520 g/mol. The molecule has 0 unspecified atom stereocenters. The molecule has 0 saturated carbocycles. The Kier molecular flexibility index (Phi) is 6.55. The van der Waals surface area contributed by atoms with Crippen molar-refractivity contribution in [3.63, 3.8) is 0 Å². The molecule has 2 aromatic heterocycles. The highest BCUT2D eigenvalue weighted by Crippen LogP contribution is 2.28. The Morgan fingerprint density at radius 3 is 2.58 bits per heavy atom. The average molecular weight is 522 g/mol. The van der Waals surface area contributed by atoms with E-state index in [0.29, 0.717) is 22.3 Å². The fourth-order valence-electron chi connectivity index (χ4n) is 2.65. The smallest absolute Gasteiger partial charge is 0.278 e. The number of nitrogens with zero attached hydrogens (tertiary/aromatic N) is 5. The van der Waals surface area contributed by atoms with Gasteiger partial charge in [0.05, 0.1) is 11.0 Å². The van der Waals surface area contributed by atoms with Crippen LogP contribution in [0.15, 0.2) is 65.5 Å². The number of amides is 1. The largest absolute Gasteiger partial charge is 0.470 e. The van der Waals surface area contributed by atoms with Crippen molar-refractivity contribution >= 4 is 51.0 Å². The second-order valence-corrected chi connectivity index (χ2v) is 8.16. The zero-order chi connectivity index (χ0) is 21.8. The molecular weight excluding hydrogens is 507 g/mol. The van der Waals surface area contributed by atoms with E-state index in [9.17, 15) is 4.79 Å². The van der Waals surface area contributed by atoms with E-state index in [2.05, 4.69) is 36.4 Å². The van der Waals surface area contributed by atoms with E-state index in [0.717, 1.165) is 10.0 Å². The average Bonchev–Trinajstić information content (AvgIpc) is 3.39. The van der Waals surface area contributed by atoms with Gasteiger partial charge >= 0.3 is 0 Å². The summed E-state index contributed by atoms with van der Waals surface area (Å²) in [5.41, 5.74) is 1.23. The Morgan fingerprint density at radius 2 is 1.81 bits per heavy atom. The van der Waals surface area contributed by atoms with Crippen LogP contribution in [-0.2, 0) is 13.3 Å². The minimum Gasteiger partial charge on any atom is -0.470 e. The summed E-state index contributed by atoms with van der Waals surface area (Å²) in [6, 6.07) is 14.2. The summed E-state index contributed by atoms with van der Waals surface area (Å²) in [7, 11) is 0. The number of ether oxygens (including phenoxy) is 1. The first-order valence-electron chi connectivity index (χ1n) is 9.03. The molecule has 8 nitrogen and oxygen atoms in total. The number of hydrogen-bond acceptors (Lipinski definition) is 5. The van der Waals surface area contributed by atoms with Crippen LogP contribution in [0, 0.1) is 0 Å². The molecule has 0 aliphatic carbocycles. The summed E-state index contributed by atoms with van der Waals surface area (Å²) in [5.74, 6) is 0.381. The van der Waals surface area contributed by atoms with Gasteiger partial charge in [-0.05, 0) is 57.9 Å². The molecule has 0 spiro atoms. The summed E-state index contributed by atoms with van der Waals surface area (Å²) < 4.78 is 9.53. The third-order valence-corrected chi connectivity index (χ3v) is 5.25. The van der Waals surface area contributed by atoms with Crippen LogP contribution in [0.2, 0.25) is 10.0 Å². The molecule has 0 aliphatic rings. The zero-order valence-electron chi connectivity index (χ0n) is 15.9. The van der Waals surface area contributed by atoms with Crippen LogP contribution in [0.5, 0.6) is 5.75 Å². The molecule has 0 bridgehead atoms. The van der Waals surface area contributed by atoms with Gasteiger partial charge in [0.2, 0.25) is 5.95 Å². The summed E-state index contributed by atoms with van der Waals surface area (Å²) in [4.78, 5) is 16.6. The Balaban J connectivity index is 1.33. The lowest BCUT2D eigenvalue weighted by molar-refractivity contribution is 0.101. The molecule has 2 aromatic carbocycles. The molecule has 0 aliphatic heterocycles. The van der Waals surface area contributed by atoms with E-state index in [1.54, 1.807) is 41.5 Å². The van der Waals surface area contributed by atoms with Crippen molar-refractivity contribution in [2.45, 2.75) is 13.3 Å². The number of carbonyl (C=O) groups excluding carboxylic acids is 1. The lowest BCUT2D eigenvalue weighted by Gasteiger charge is -2.08. The predicted octanol–water partition coefficient (Wildman–Crippen LogP) is 4.88. The van der Waals surface area contributed by atoms with Crippen molar-refractivity contribution in [1.82, 2.24) is 24.5 Å². The van der Waals surface area contributed by atoms with E-state index in [-0.39, 0.29) is 18.4 Å².